The van der Waals surface area contributed by atoms with Crippen LogP contribution in [0.15, 0.2) is 24.3 Å². The molecule has 0 aromatic heterocycles. The first-order valence-electron chi connectivity index (χ1n) is 5.32. The number of methoxy groups -OCH3 is 1. The first kappa shape index (κ1) is 12.5. The van der Waals surface area contributed by atoms with Crippen molar-refractivity contribution in [3.8, 4) is 5.75 Å². The molecule has 1 aromatic carbocycles. The summed E-state index contributed by atoms with van der Waals surface area (Å²) in [5, 5.41) is 2.81. The molecule has 3 N–H and O–H groups in total. The predicted octanol–water partition coefficient (Wildman–Crippen LogP) is 1.16. The molecule has 0 saturated carbocycles. The summed E-state index contributed by atoms with van der Waals surface area (Å²) in [6.45, 7) is 2.49. The van der Waals surface area contributed by atoms with Gasteiger partial charge in [0, 0.05) is 12.6 Å². The van der Waals surface area contributed by atoms with Gasteiger partial charge in [0.2, 0.25) is 0 Å². The molecule has 0 heterocycles. The van der Waals surface area contributed by atoms with Crippen molar-refractivity contribution in [2.45, 2.75) is 19.4 Å². The smallest absolute Gasteiger partial charge is 0.255 e. The van der Waals surface area contributed by atoms with Gasteiger partial charge >= 0.3 is 0 Å². The average Bonchev–Trinajstić information content (AvgIpc) is 2.28. The molecule has 0 aliphatic carbocycles. The van der Waals surface area contributed by atoms with Gasteiger partial charge in [-0.25, -0.2) is 0 Å². The van der Waals surface area contributed by atoms with Crippen LogP contribution in [0.2, 0.25) is 0 Å². The summed E-state index contributed by atoms with van der Waals surface area (Å²) in [5.74, 6) is 0.457. The lowest BCUT2D eigenvalue weighted by atomic mass is 10.2. The Morgan fingerprint density at radius 2 is 2.19 bits per heavy atom. The van der Waals surface area contributed by atoms with E-state index >= 15 is 0 Å². The van der Waals surface area contributed by atoms with Crippen molar-refractivity contribution >= 4 is 5.91 Å². The molecule has 0 spiro atoms. The van der Waals surface area contributed by atoms with Crippen LogP contribution in [0.4, 0.5) is 0 Å². The highest BCUT2D eigenvalue weighted by Crippen LogP contribution is 2.16. The number of rotatable bonds is 5. The summed E-state index contributed by atoms with van der Waals surface area (Å²) in [6, 6.07) is 7.24. The Kier molecular flexibility index (Phi) is 4.79. The number of amides is 1. The van der Waals surface area contributed by atoms with Gasteiger partial charge in [-0.2, -0.15) is 0 Å². The van der Waals surface area contributed by atoms with E-state index in [0.717, 1.165) is 6.42 Å². The maximum atomic E-state index is 11.8. The Bertz CT molecular complexity index is 351. The highest BCUT2D eigenvalue weighted by Gasteiger charge is 2.10. The molecule has 0 aliphatic heterocycles. The van der Waals surface area contributed by atoms with Crippen molar-refractivity contribution in [2.75, 3.05) is 13.7 Å². The molecule has 1 amide bonds. The zero-order valence-electron chi connectivity index (χ0n) is 9.69. The quantitative estimate of drug-likeness (QED) is 0.785. The van der Waals surface area contributed by atoms with E-state index < -0.39 is 0 Å². The number of nitrogens with two attached hydrogens (primary N) is 1. The summed E-state index contributed by atoms with van der Waals surface area (Å²) >= 11 is 0. The van der Waals surface area contributed by atoms with Gasteiger partial charge in [-0.05, 0) is 25.5 Å². The third-order valence-electron chi connectivity index (χ3n) is 2.24. The van der Waals surface area contributed by atoms with E-state index in [1.807, 2.05) is 19.1 Å². The van der Waals surface area contributed by atoms with E-state index in [1.165, 1.54) is 0 Å². The van der Waals surface area contributed by atoms with Crippen molar-refractivity contribution in [3.63, 3.8) is 0 Å². The molecule has 16 heavy (non-hydrogen) atoms. The minimum Gasteiger partial charge on any atom is -0.496 e. The van der Waals surface area contributed by atoms with E-state index in [9.17, 15) is 4.79 Å². The fraction of sp³-hybridized carbons (Fsp3) is 0.417. The van der Waals surface area contributed by atoms with Gasteiger partial charge in [-0.3, -0.25) is 4.79 Å². The summed E-state index contributed by atoms with van der Waals surface area (Å²) < 4.78 is 5.11. The monoisotopic (exact) mass is 222 g/mol. The van der Waals surface area contributed by atoms with Crippen LogP contribution in [0.1, 0.15) is 23.7 Å². The molecule has 1 rings (SSSR count). The Labute approximate surface area is 95.8 Å². The van der Waals surface area contributed by atoms with E-state index in [-0.39, 0.29) is 11.9 Å². The number of carbonyl (C=O) groups is 1. The molecule has 0 bridgehead atoms. The Morgan fingerprint density at radius 1 is 1.50 bits per heavy atom. The standard InChI is InChI=1S/C12H18N2O2/c1-9(13)7-8-14-12(15)10-5-3-4-6-11(10)16-2/h3-6,9H,7-8,13H2,1-2H3,(H,14,15). The van der Waals surface area contributed by atoms with Gasteiger partial charge in [0.05, 0.1) is 12.7 Å². The maximum Gasteiger partial charge on any atom is 0.255 e. The Balaban J connectivity index is 2.59. The van der Waals surface area contributed by atoms with Crippen LogP contribution in [0.3, 0.4) is 0 Å². The maximum absolute atomic E-state index is 11.8. The topological polar surface area (TPSA) is 64.3 Å². The zero-order valence-corrected chi connectivity index (χ0v) is 9.69. The lowest BCUT2D eigenvalue weighted by Crippen LogP contribution is -2.29. The van der Waals surface area contributed by atoms with E-state index in [4.69, 9.17) is 10.5 Å². The van der Waals surface area contributed by atoms with Crippen molar-refractivity contribution in [1.82, 2.24) is 5.32 Å². The van der Waals surface area contributed by atoms with Crippen LogP contribution >= 0.6 is 0 Å². The number of carbonyl (C=O) groups excluding carboxylic acids is 1. The largest absolute Gasteiger partial charge is 0.496 e. The van der Waals surface area contributed by atoms with Gasteiger partial charge in [-0.15, -0.1) is 0 Å². The second-order valence-corrected chi connectivity index (χ2v) is 3.72. The van der Waals surface area contributed by atoms with Crippen LogP contribution in [-0.4, -0.2) is 25.6 Å². The number of benzene rings is 1. The van der Waals surface area contributed by atoms with E-state index in [2.05, 4.69) is 5.32 Å². The SMILES string of the molecule is COc1ccccc1C(=O)NCCC(C)N. The molecular weight excluding hydrogens is 204 g/mol. The number of ether oxygens (including phenoxy) is 1. The molecule has 88 valence electrons. The minimum atomic E-state index is -0.127. The normalized spacial score (nSPS) is 11.9. The molecular formula is C12H18N2O2. The van der Waals surface area contributed by atoms with Crippen molar-refractivity contribution in [3.05, 3.63) is 29.8 Å². The third-order valence-corrected chi connectivity index (χ3v) is 2.24. The molecule has 0 radical (unpaired) electrons. The van der Waals surface area contributed by atoms with Crippen LogP contribution in [0.25, 0.3) is 0 Å². The zero-order chi connectivity index (χ0) is 12.0. The molecule has 0 saturated heterocycles. The molecule has 0 fully saturated rings. The highest BCUT2D eigenvalue weighted by atomic mass is 16.5. The van der Waals surface area contributed by atoms with Crippen LogP contribution < -0.4 is 15.8 Å². The molecule has 1 unspecified atom stereocenters. The molecule has 0 aliphatic rings. The number of para-hydroxylation sites is 1. The fourth-order valence-corrected chi connectivity index (χ4v) is 1.34. The number of hydrogen-bond acceptors (Lipinski definition) is 3. The summed E-state index contributed by atoms with van der Waals surface area (Å²) in [4.78, 5) is 11.8. The summed E-state index contributed by atoms with van der Waals surface area (Å²) in [7, 11) is 1.55. The predicted molar refractivity (Wildman–Crippen MR) is 63.6 cm³/mol. The second-order valence-electron chi connectivity index (χ2n) is 3.72. The van der Waals surface area contributed by atoms with Gasteiger partial charge in [0.25, 0.3) is 5.91 Å². The first-order chi connectivity index (χ1) is 7.65. The van der Waals surface area contributed by atoms with E-state index in [0.29, 0.717) is 17.9 Å². The van der Waals surface area contributed by atoms with Crippen LogP contribution in [-0.2, 0) is 0 Å². The van der Waals surface area contributed by atoms with Crippen molar-refractivity contribution < 1.29 is 9.53 Å². The lowest BCUT2D eigenvalue weighted by Gasteiger charge is -2.09. The third kappa shape index (κ3) is 3.55. The van der Waals surface area contributed by atoms with Crippen LogP contribution in [0.5, 0.6) is 5.75 Å². The fourth-order valence-electron chi connectivity index (χ4n) is 1.34. The molecule has 4 nitrogen and oxygen atoms in total. The first-order valence-corrected chi connectivity index (χ1v) is 5.32. The highest BCUT2D eigenvalue weighted by molar-refractivity contribution is 5.96. The number of hydrogen-bond donors (Lipinski definition) is 2. The Hall–Kier alpha value is -1.55. The minimum absolute atomic E-state index is 0.0953. The molecule has 1 atom stereocenters. The van der Waals surface area contributed by atoms with Crippen LogP contribution in [0, 0.1) is 0 Å². The summed E-state index contributed by atoms with van der Waals surface area (Å²) in [6.07, 6.45) is 0.765. The van der Waals surface area contributed by atoms with Gasteiger partial charge in [0.15, 0.2) is 0 Å². The molecule has 1 aromatic rings. The van der Waals surface area contributed by atoms with Gasteiger partial charge < -0.3 is 15.8 Å². The van der Waals surface area contributed by atoms with Gasteiger partial charge in [-0.1, -0.05) is 12.1 Å². The average molecular weight is 222 g/mol. The lowest BCUT2D eigenvalue weighted by molar-refractivity contribution is 0.0950. The second kappa shape index (κ2) is 6.12. The van der Waals surface area contributed by atoms with Crippen molar-refractivity contribution in [1.29, 1.82) is 0 Å². The summed E-state index contributed by atoms with van der Waals surface area (Å²) in [5.41, 5.74) is 6.15. The van der Waals surface area contributed by atoms with E-state index in [1.54, 1.807) is 19.2 Å². The Morgan fingerprint density at radius 3 is 2.81 bits per heavy atom. The van der Waals surface area contributed by atoms with Gasteiger partial charge in [0.1, 0.15) is 5.75 Å². The van der Waals surface area contributed by atoms with Crippen molar-refractivity contribution in [2.24, 2.45) is 5.73 Å². The molecule has 4 heteroatoms. The number of nitrogens with one attached hydrogen (secondary N) is 1.